The fraction of sp³-hybridized carbons (Fsp3) is 0.833. The molecule has 0 radical (unpaired) electrons. The highest BCUT2D eigenvalue weighted by Crippen LogP contribution is 2.14. The summed E-state index contributed by atoms with van der Waals surface area (Å²) in [6.45, 7) is 4.41. The molecule has 0 aliphatic carbocycles. The highest BCUT2D eigenvalue weighted by Gasteiger charge is 2.26. The van der Waals surface area contributed by atoms with Crippen LogP contribution in [0.5, 0.6) is 0 Å². The van der Waals surface area contributed by atoms with E-state index in [0.717, 1.165) is 19.3 Å². The maximum Gasteiger partial charge on any atom is 0.305 e. The molecule has 17 heavy (non-hydrogen) atoms. The number of carboxylic acids is 1. The van der Waals surface area contributed by atoms with Crippen LogP contribution in [0, 0.1) is 5.92 Å². The van der Waals surface area contributed by atoms with Gasteiger partial charge in [-0.3, -0.25) is 9.59 Å². The zero-order chi connectivity index (χ0) is 12.8. The average Bonchev–Trinajstić information content (AvgIpc) is 2.28. The van der Waals surface area contributed by atoms with Crippen LogP contribution in [0.25, 0.3) is 0 Å². The van der Waals surface area contributed by atoms with Gasteiger partial charge in [-0.05, 0) is 25.2 Å². The second-order valence-corrected chi connectivity index (χ2v) is 4.81. The Kier molecular flexibility index (Phi) is 5.41. The van der Waals surface area contributed by atoms with Crippen LogP contribution in [-0.4, -0.2) is 35.7 Å². The summed E-state index contributed by atoms with van der Waals surface area (Å²) in [6, 6.07) is -0.328. The summed E-state index contributed by atoms with van der Waals surface area (Å²) in [7, 11) is 0. The smallest absolute Gasteiger partial charge is 0.305 e. The molecule has 98 valence electrons. The average molecular weight is 243 g/mol. The predicted molar refractivity (Wildman–Crippen MR) is 62.6 cm³/mol. The van der Waals surface area contributed by atoms with Crippen molar-refractivity contribution >= 4 is 11.9 Å². The topological polar surface area (TPSA) is 75.6 Å². The van der Waals surface area contributed by atoms with Gasteiger partial charge in [-0.2, -0.15) is 0 Å². The minimum Gasteiger partial charge on any atom is -0.481 e. The molecule has 1 saturated heterocycles. The third-order valence-corrected chi connectivity index (χ3v) is 3.00. The van der Waals surface area contributed by atoms with E-state index in [9.17, 15) is 9.59 Å². The Labute approximate surface area is 102 Å². The van der Waals surface area contributed by atoms with E-state index in [1.807, 2.05) is 13.8 Å². The molecule has 0 bridgehead atoms. The quantitative estimate of drug-likeness (QED) is 0.760. The van der Waals surface area contributed by atoms with Gasteiger partial charge in [-0.25, -0.2) is 0 Å². The molecular formula is C12H21NO4. The normalized spacial score (nSPS) is 22.2. The summed E-state index contributed by atoms with van der Waals surface area (Å²) in [5.74, 6) is -0.975. The van der Waals surface area contributed by atoms with Gasteiger partial charge in [0.2, 0.25) is 5.91 Å². The molecule has 1 fully saturated rings. The van der Waals surface area contributed by atoms with Gasteiger partial charge in [0, 0.05) is 12.6 Å². The van der Waals surface area contributed by atoms with Crippen LogP contribution >= 0.6 is 0 Å². The first-order chi connectivity index (χ1) is 8.00. The maximum absolute atomic E-state index is 11.9. The number of amides is 1. The summed E-state index contributed by atoms with van der Waals surface area (Å²) in [4.78, 5) is 22.6. The Morgan fingerprint density at radius 2 is 2.12 bits per heavy atom. The van der Waals surface area contributed by atoms with Gasteiger partial charge in [0.1, 0.15) is 6.10 Å². The second kappa shape index (κ2) is 6.59. The van der Waals surface area contributed by atoms with E-state index in [1.54, 1.807) is 0 Å². The van der Waals surface area contributed by atoms with Crippen molar-refractivity contribution in [3.8, 4) is 0 Å². The Morgan fingerprint density at radius 3 is 2.59 bits per heavy atom. The lowest BCUT2D eigenvalue weighted by molar-refractivity contribution is -0.139. The fourth-order valence-corrected chi connectivity index (χ4v) is 1.86. The molecule has 1 aliphatic heterocycles. The van der Waals surface area contributed by atoms with Gasteiger partial charge >= 0.3 is 5.97 Å². The Bertz CT molecular complexity index is 272. The second-order valence-electron chi connectivity index (χ2n) is 4.81. The molecule has 1 rings (SSSR count). The third kappa shape index (κ3) is 4.73. The zero-order valence-corrected chi connectivity index (χ0v) is 10.4. The van der Waals surface area contributed by atoms with Crippen molar-refractivity contribution in [2.75, 3.05) is 6.61 Å². The molecule has 0 aromatic carbocycles. The van der Waals surface area contributed by atoms with Crippen molar-refractivity contribution in [1.82, 2.24) is 5.32 Å². The molecule has 1 amide bonds. The monoisotopic (exact) mass is 243 g/mol. The molecule has 0 aromatic heterocycles. The standard InChI is InChI=1S/C12H21NO4/c1-8(2)9(7-11(14)15)13-12(16)10-5-3-4-6-17-10/h8-10H,3-7H2,1-2H3,(H,13,16)(H,14,15). The van der Waals surface area contributed by atoms with Gasteiger partial charge < -0.3 is 15.2 Å². The van der Waals surface area contributed by atoms with E-state index in [-0.39, 0.29) is 24.3 Å². The summed E-state index contributed by atoms with van der Waals surface area (Å²) >= 11 is 0. The lowest BCUT2D eigenvalue weighted by atomic mass is 10.00. The number of rotatable bonds is 5. The largest absolute Gasteiger partial charge is 0.481 e. The molecule has 0 aromatic rings. The lowest BCUT2D eigenvalue weighted by Crippen LogP contribution is -2.46. The van der Waals surface area contributed by atoms with Gasteiger partial charge in [-0.15, -0.1) is 0 Å². The predicted octanol–water partition coefficient (Wildman–Crippen LogP) is 1.17. The molecule has 0 spiro atoms. The Morgan fingerprint density at radius 1 is 1.41 bits per heavy atom. The molecule has 5 heteroatoms. The Balaban J connectivity index is 2.47. The Hall–Kier alpha value is -1.10. The van der Waals surface area contributed by atoms with Crippen LogP contribution in [0.15, 0.2) is 0 Å². The summed E-state index contributed by atoms with van der Waals surface area (Å²) in [5, 5.41) is 11.5. The van der Waals surface area contributed by atoms with Gasteiger partial charge in [0.25, 0.3) is 0 Å². The number of ether oxygens (including phenoxy) is 1. The van der Waals surface area contributed by atoms with Crippen LogP contribution in [0.4, 0.5) is 0 Å². The number of nitrogens with one attached hydrogen (secondary N) is 1. The van der Waals surface area contributed by atoms with Crippen LogP contribution < -0.4 is 5.32 Å². The molecule has 2 unspecified atom stereocenters. The van der Waals surface area contributed by atoms with Crippen LogP contribution in [0.3, 0.4) is 0 Å². The number of carboxylic acid groups (broad SMARTS) is 1. The SMILES string of the molecule is CC(C)C(CC(=O)O)NC(=O)C1CCCCO1. The minimum atomic E-state index is -0.895. The minimum absolute atomic E-state index is 0.0455. The number of hydrogen-bond donors (Lipinski definition) is 2. The van der Waals surface area contributed by atoms with E-state index < -0.39 is 12.1 Å². The van der Waals surface area contributed by atoms with E-state index in [2.05, 4.69) is 5.32 Å². The first-order valence-electron chi connectivity index (χ1n) is 6.14. The van der Waals surface area contributed by atoms with Crippen molar-refractivity contribution in [3.05, 3.63) is 0 Å². The summed E-state index contributed by atoms with van der Waals surface area (Å²) in [5.41, 5.74) is 0. The highest BCUT2D eigenvalue weighted by molar-refractivity contribution is 5.81. The molecule has 0 saturated carbocycles. The molecule has 2 atom stereocenters. The number of carbonyl (C=O) groups excluding carboxylic acids is 1. The van der Waals surface area contributed by atoms with E-state index in [1.165, 1.54) is 0 Å². The van der Waals surface area contributed by atoms with Gasteiger partial charge in [0.05, 0.1) is 6.42 Å². The number of hydrogen-bond acceptors (Lipinski definition) is 3. The molecule has 5 nitrogen and oxygen atoms in total. The van der Waals surface area contributed by atoms with Gasteiger partial charge in [-0.1, -0.05) is 13.8 Å². The first-order valence-corrected chi connectivity index (χ1v) is 6.14. The maximum atomic E-state index is 11.9. The third-order valence-electron chi connectivity index (χ3n) is 3.00. The van der Waals surface area contributed by atoms with Crippen molar-refractivity contribution in [1.29, 1.82) is 0 Å². The lowest BCUT2D eigenvalue weighted by Gasteiger charge is -2.26. The fourth-order valence-electron chi connectivity index (χ4n) is 1.86. The van der Waals surface area contributed by atoms with Crippen LogP contribution in [0.1, 0.15) is 39.5 Å². The molecule has 2 N–H and O–H groups in total. The van der Waals surface area contributed by atoms with Crippen molar-refractivity contribution in [2.45, 2.75) is 51.7 Å². The van der Waals surface area contributed by atoms with Crippen LogP contribution in [-0.2, 0) is 14.3 Å². The van der Waals surface area contributed by atoms with Crippen molar-refractivity contribution in [3.63, 3.8) is 0 Å². The number of aliphatic carboxylic acids is 1. The molecular weight excluding hydrogens is 222 g/mol. The molecule has 1 heterocycles. The first kappa shape index (κ1) is 14.0. The van der Waals surface area contributed by atoms with Crippen molar-refractivity contribution < 1.29 is 19.4 Å². The van der Waals surface area contributed by atoms with E-state index in [0.29, 0.717) is 6.61 Å². The summed E-state index contributed by atoms with van der Waals surface area (Å²) in [6.07, 6.45) is 2.26. The zero-order valence-electron chi connectivity index (χ0n) is 10.4. The molecule has 1 aliphatic rings. The number of carbonyl (C=O) groups is 2. The van der Waals surface area contributed by atoms with Crippen molar-refractivity contribution in [2.24, 2.45) is 5.92 Å². The van der Waals surface area contributed by atoms with E-state index in [4.69, 9.17) is 9.84 Å². The highest BCUT2D eigenvalue weighted by atomic mass is 16.5. The van der Waals surface area contributed by atoms with E-state index >= 15 is 0 Å². The van der Waals surface area contributed by atoms with Crippen LogP contribution in [0.2, 0.25) is 0 Å². The van der Waals surface area contributed by atoms with Gasteiger partial charge in [0.15, 0.2) is 0 Å². The summed E-state index contributed by atoms with van der Waals surface area (Å²) < 4.78 is 5.37.